The van der Waals surface area contributed by atoms with Crippen LogP contribution in [0.25, 0.3) is 0 Å². The third-order valence-electron chi connectivity index (χ3n) is 1.82. The fraction of sp³-hybridized carbons (Fsp3) is 1.00. The molecule has 0 saturated carbocycles. The number of hydrogen-bond donors (Lipinski definition) is 1. The van der Waals surface area contributed by atoms with Gasteiger partial charge in [0.1, 0.15) is 0 Å². The van der Waals surface area contributed by atoms with E-state index in [1.807, 2.05) is 6.92 Å². The molecule has 0 aromatic carbocycles. The first-order chi connectivity index (χ1) is 4.88. The summed E-state index contributed by atoms with van der Waals surface area (Å²) < 4.78 is 0. The second-order valence-electron chi connectivity index (χ2n) is 4.06. The van der Waals surface area contributed by atoms with Gasteiger partial charge in [0.15, 0.2) is 0 Å². The van der Waals surface area contributed by atoms with E-state index in [2.05, 4.69) is 32.6 Å². The Hall–Kier alpha value is -0.0800. The molecule has 11 heavy (non-hydrogen) atoms. The molecule has 0 aromatic heterocycles. The van der Waals surface area contributed by atoms with Gasteiger partial charge in [0.05, 0.1) is 6.10 Å². The third-order valence-corrected chi connectivity index (χ3v) is 1.82. The molecule has 2 nitrogen and oxygen atoms in total. The largest absolute Gasteiger partial charge is 0.392 e. The molecule has 0 aliphatic rings. The molecule has 0 aliphatic carbocycles. The second-order valence-corrected chi connectivity index (χ2v) is 4.06. The van der Waals surface area contributed by atoms with Crippen LogP contribution in [0.15, 0.2) is 0 Å². The van der Waals surface area contributed by atoms with Gasteiger partial charge in [0.2, 0.25) is 0 Å². The van der Waals surface area contributed by atoms with Crippen LogP contribution in [-0.4, -0.2) is 34.7 Å². The van der Waals surface area contributed by atoms with Gasteiger partial charge in [-0.15, -0.1) is 0 Å². The van der Waals surface area contributed by atoms with Gasteiger partial charge < -0.3 is 5.11 Å². The van der Waals surface area contributed by atoms with Gasteiger partial charge in [-0.2, -0.15) is 0 Å². The Bertz CT molecular complexity index is 105. The van der Waals surface area contributed by atoms with Crippen molar-refractivity contribution in [3.8, 4) is 0 Å². The molecule has 2 heteroatoms. The van der Waals surface area contributed by atoms with Crippen molar-refractivity contribution in [2.45, 2.75) is 46.3 Å². The SMILES string of the molecule is CCN(C[C@H](C)O)C(C)(C)C. The average Bonchev–Trinajstić information content (AvgIpc) is 1.79. The van der Waals surface area contributed by atoms with E-state index in [1.165, 1.54) is 0 Å². The Morgan fingerprint density at radius 3 is 1.91 bits per heavy atom. The molecule has 68 valence electrons. The summed E-state index contributed by atoms with van der Waals surface area (Å²) in [7, 11) is 0. The minimum atomic E-state index is -0.228. The molecule has 0 radical (unpaired) electrons. The number of aliphatic hydroxyl groups excluding tert-OH is 1. The fourth-order valence-corrected chi connectivity index (χ4v) is 1.20. The Kier molecular flexibility index (Phi) is 4.04. The highest BCUT2D eigenvalue weighted by Crippen LogP contribution is 2.12. The summed E-state index contributed by atoms with van der Waals surface area (Å²) in [6, 6.07) is 0. The highest BCUT2D eigenvalue weighted by Gasteiger charge is 2.20. The number of likely N-dealkylation sites (N-methyl/N-ethyl adjacent to an activating group) is 1. The summed E-state index contributed by atoms with van der Waals surface area (Å²) in [6.07, 6.45) is -0.228. The molecule has 0 spiro atoms. The normalized spacial score (nSPS) is 15.5. The summed E-state index contributed by atoms with van der Waals surface area (Å²) in [4.78, 5) is 2.26. The second kappa shape index (κ2) is 4.07. The maximum atomic E-state index is 9.18. The van der Waals surface area contributed by atoms with Crippen molar-refractivity contribution in [1.82, 2.24) is 4.90 Å². The highest BCUT2D eigenvalue weighted by atomic mass is 16.3. The van der Waals surface area contributed by atoms with Crippen LogP contribution in [0.4, 0.5) is 0 Å². The van der Waals surface area contributed by atoms with Crippen LogP contribution in [0.2, 0.25) is 0 Å². The minimum Gasteiger partial charge on any atom is -0.392 e. The van der Waals surface area contributed by atoms with Crippen LogP contribution in [0.1, 0.15) is 34.6 Å². The van der Waals surface area contributed by atoms with Crippen molar-refractivity contribution in [3.63, 3.8) is 0 Å². The Morgan fingerprint density at radius 2 is 1.82 bits per heavy atom. The van der Waals surface area contributed by atoms with Crippen LogP contribution in [0, 0.1) is 0 Å². The number of aliphatic hydroxyl groups is 1. The maximum Gasteiger partial charge on any atom is 0.0639 e. The molecule has 0 aromatic rings. The van der Waals surface area contributed by atoms with E-state index in [-0.39, 0.29) is 11.6 Å². The molecule has 0 saturated heterocycles. The molecule has 0 heterocycles. The Morgan fingerprint density at radius 1 is 1.36 bits per heavy atom. The van der Waals surface area contributed by atoms with Crippen molar-refractivity contribution in [3.05, 3.63) is 0 Å². The lowest BCUT2D eigenvalue weighted by Gasteiger charge is -2.35. The monoisotopic (exact) mass is 159 g/mol. The molecular weight excluding hydrogens is 138 g/mol. The maximum absolute atomic E-state index is 9.18. The first-order valence-corrected chi connectivity index (χ1v) is 4.31. The molecule has 0 rings (SSSR count). The van der Waals surface area contributed by atoms with Crippen molar-refractivity contribution in [1.29, 1.82) is 0 Å². The smallest absolute Gasteiger partial charge is 0.0639 e. The molecule has 0 bridgehead atoms. The molecular formula is C9H21NO. The molecule has 0 aliphatic heterocycles. The van der Waals surface area contributed by atoms with Gasteiger partial charge in [0, 0.05) is 12.1 Å². The lowest BCUT2D eigenvalue weighted by molar-refractivity contribution is 0.0720. The molecule has 1 atom stereocenters. The Balaban J connectivity index is 3.96. The summed E-state index contributed by atoms with van der Waals surface area (Å²) in [6.45, 7) is 12.2. The van der Waals surface area contributed by atoms with E-state index in [0.717, 1.165) is 13.1 Å². The lowest BCUT2D eigenvalue weighted by atomic mass is 10.1. The van der Waals surface area contributed by atoms with Gasteiger partial charge in [-0.1, -0.05) is 6.92 Å². The van der Waals surface area contributed by atoms with E-state index < -0.39 is 0 Å². The van der Waals surface area contributed by atoms with Crippen LogP contribution >= 0.6 is 0 Å². The van der Waals surface area contributed by atoms with Crippen molar-refractivity contribution >= 4 is 0 Å². The first kappa shape index (κ1) is 10.9. The molecule has 1 N–H and O–H groups in total. The topological polar surface area (TPSA) is 23.5 Å². The highest BCUT2D eigenvalue weighted by molar-refractivity contribution is 4.76. The predicted molar refractivity (Wildman–Crippen MR) is 48.7 cm³/mol. The number of hydrogen-bond acceptors (Lipinski definition) is 2. The zero-order valence-electron chi connectivity index (χ0n) is 8.39. The third kappa shape index (κ3) is 4.38. The van der Waals surface area contributed by atoms with Crippen molar-refractivity contribution < 1.29 is 5.11 Å². The van der Waals surface area contributed by atoms with Gasteiger partial charge in [-0.25, -0.2) is 0 Å². The minimum absolute atomic E-state index is 0.172. The van der Waals surface area contributed by atoms with Crippen LogP contribution in [-0.2, 0) is 0 Å². The number of rotatable bonds is 3. The predicted octanol–water partition coefficient (Wildman–Crippen LogP) is 1.49. The van der Waals surface area contributed by atoms with Gasteiger partial charge in [-0.3, -0.25) is 4.90 Å². The fourth-order valence-electron chi connectivity index (χ4n) is 1.20. The van der Waals surface area contributed by atoms with Gasteiger partial charge in [0.25, 0.3) is 0 Å². The Labute approximate surface area is 70.2 Å². The summed E-state index contributed by atoms with van der Waals surface area (Å²) in [5.74, 6) is 0. The van der Waals surface area contributed by atoms with Gasteiger partial charge in [-0.05, 0) is 34.2 Å². The van der Waals surface area contributed by atoms with Crippen molar-refractivity contribution in [2.75, 3.05) is 13.1 Å². The summed E-state index contributed by atoms with van der Waals surface area (Å²) in [5.41, 5.74) is 0.172. The van der Waals surface area contributed by atoms with E-state index in [1.54, 1.807) is 0 Å². The zero-order chi connectivity index (χ0) is 9.07. The molecule has 0 amide bonds. The van der Waals surface area contributed by atoms with E-state index in [9.17, 15) is 5.11 Å². The van der Waals surface area contributed by atoms with E-state index >= 15 is 0 Å². The standard InChI is InChI=1S/C9H21NO/c1-6-10(7-8(2)11)9(3,4)5/h8,11H,6-7H2,1-5H3/t8-/m0/s1. The first-order valence-electron chi connectivity index (χ1n) is 4.31. The van der Waals surface area contributed by atoms with Gasteiger partial charge >= 0.3 is 0 Å². The lowest BCUT2D eigenvalue weighted by Crippen LogP contribution is -2.44. The summed E-state index contributed by atoms with van der Waals surface area (Å²) in [5, 5.41) is 9.18. The quantitative estimate of drug-likeness (QED) is 0.674. The zero-order valence-corrected chi connectivity index (χ0v) is 8.39. The van der Waals surface area contributed by atoms with Crippen LogP contribution in [0.3, 0.4) is 0 Å². The number of β-amino-alcohol motifs (C(OH)–C–C–N with tert-alkyl or cyclic N) is 1. The molecule has 0 unspecified atom stereocenters. The van der Waals surface area contributed by atoms with E-state index in [0.29, 0.717) is 0 Å². The van der Waals surface area contributed by atoms with Crippen LogP contribution < -0.4 is 0 Å². The van der Waals surface area contributed by atoms with Crippen LogP contribution in [0.5, 0.6) is 0 Å². The van der Waals surface area contributed by atoms with Crippen molar-refractivity contribution in [2.24, 2.45) is 0 Å². The average molecular weight is 159 g/mol. The number of nitrogens with zero attached hydrogens (tertiary/aromatic N) is 1. The summed E-state index contributed by atoms with van der Waals surface area (Å²) >= 11 is 0. The van der Waals surface area contributed by atoms with E-state index in [4.69, 9.17) is 0 Å². The molecule has 0 fully saturated rings.